The second-order valence-electron chi connectivity index (χ2n) is 6.94. The van der Waals surface area contributed by atoms with Gasteiger partial charge in [0.25, 0.3) is 0 Å². The van der Waals surface area contributed by atoms with Crippen LogP contribution in [0.4, 0.5) is 17.6 Å². The summed E-state index contributed by atoms with van der Waals surface area (Å²) in [6, 6.07) is 12.7. The third kappa shape index (κ3) is 5.55. The number of hydrogen-bond acceptors (Lipinski definition) is 12. The number of anilines is 3. The Kier molecular flexibility index (Phi) is 7.21. The molecule has 12 heteroatoms. The fourth-order valence-corrected chi connectivity index (χ4v) is 3.89. The Labute approximate surface area is 204 Å². The van der Waals surface area contributed by atoms with Crippen LogP contribution in [-0.4, -0.2) is 47.2 Å². The van der Waals surface area contributed by atoms with Gasteiger partial charge in [-0.2, -0.15) is 15.0 Å². The van der Waals surface area contributed by atoms with Crippen LogP contribution in [0, 0.1) is 0 Å². The predicted molar refractivity (Wildman–Crippen MR) is 130 cm³/mol. The lowest BCUT2D eigenvalue weighted by Gasteiger charge is -2.10. The molecule has 2 heterocycles. The molecule has 0 aliphatic heterocycles. The molecule has 2 aromatic heterocycles. The van der Waals surface area contributed by atoms with E-state index in [0.717, 1.165) is 5.56 Å². The summed E-state index contributed by atoms with van der Waals surface area (Å²) in [4.78, 5) is 29.3. The first-order valence-corrected chi connectivity index (χ1v) is 11.1. The zero-order valence-electron chi connectivity index (χ0n) is 19.1. The lowest BCUT2D eigenvalue weighted by atomic mass is 10.2. The van der Waals surface area contributed by atoms with E-state index in [4.69, 9.17) is 24.7 Å². The number of ether oxygens (including phenoxy) is 4. The van der Waals surface area contributed by atoms with E-state index in [-0.39, 0.29) is 30.0 Å². The minimum absolute atomic E-state index is 0.0205. The number of aromatic nitrogens is 4. The van der Waals surface area contributed by atoms with E-state index in [1.807, 2.05) is 18.2 Å². The summed E-state index contributed by atoms with van der Waals surface area (Å²) in [5.74, 6) is 1.50. The van der Waals surface area contributed by atoms with Crippen LogP contribution in [0.2, 0.25) is 0 Å². The number of nitrogens with zero attached hydrogens (tertiary/aromatic N) is 4. The molecule has 2 aromatic carbocycles. The first-order valence-electron chi connectivity index (χ1n) is 10.3. The summed E-state index contributed by atoms with van der Waals surface area (Å²) in [6.07, 6.45) is 0. The molecule has 0 amide bonds. The highest BCUT2D eigenvalue weighted by Crippen LogP contribution is 2.33. The Morgan fingerprint density at radius 1 is 0.943 bits per heavy atom. The van der Waals surface area contributed by atoms with Crippen LogP contribution >= 0.6 is 11.3 Å². The second-order valence-corrected chi connectivity index (χ2v) is 7.80. The fourth-order valence-electron chi connectivity index (χ4n) is 3.10. The van der Waals surface area contributed by atoms with Gasteiger partial charge in [-0.15, -0.1) is 11.3 Å². The average molecular weight is 495 g/mol. The van der Waals surface area contributed by atoms with Gasteiger partial charge in [-0.3, -0.25) is 0 Å². The third-order valence-electron chi connectivity index (χ3n) is 4.73. The quantitative estimate of drug-likeness (QED) is 0.329. The first kappa shape index (κ1) is 23.7. The SMILES string of the molecule is COc1ccccc1Nc1nc(N)nc(COC(=O)c2csc(-c3ccc(OC)c(OC)c3)n2)n1. The molecule has 0 unspecified atom stereocenters. The largest absolute Gasteiger partial charge is 0.495 e. The van der Waals surface area contributed by atoms with Gasteiger partial charge in [0.05, 0.1) is 27.0 Å². The summed E-state index contributed by atoms with van der Waals surface area (Å²) >= 11 is 1.30. The summed E-state index contributed by atoms with van der Waals surface area (Å²) in [6.45, 7) is -0.213. The van der Waals surface area contributed by atoms with Crippen molar-refractivity contribution in [1.82, 2.24) is 19.9 Å². The van der Waals surface area contributed by atoms with Crippen molar-refractivity contribution in [2.75, 3.05) is 32.4 Å². The molecule has 0 bridgehead atoms. The smallest absolute Gasteiger partial charge is 0.358 e. The molecule has 0 aliphatic rings. The van der Waals surface area contributed by atoms with Gasteiger partial charge in [0, 0.05) is 10.9 Å². The maximum Gasteiger partial charge on any atom is 0.358 e. The maximum absolute atomic E-state index is 12.6. The summed E-state index contributed by atoms with van der Waals surface area (Å²) in [5.41, 5.74) is 7.40. The molecule has 3 N–H and O–H groups in total. The van der Waals surface area contributed by atoms with Crippen LogP contribution in [0.25, 0.3) is 10.6 Å². The molecule has 0 saturated heterocycles. The molecule has 11 nitrogen and oxygen atoms in total. The van der Waals surface area contributed by atoms with E-state index >= 15 is 0 Å². The van der Waals surface area contributed by atoms with Crippen LogP contribution in [0.3, 0.4) is 0 Å². The molecule has 4 aromatic rings. The van der Waals surface area contributed by atoms with Crippen molar-refractivity contribution in [1.29, 1.82) is 0 Å². The van der Waals surface area contributed by atoms with Crippen molar-refractivity contribution in [3.63, 3.8) is 0 Å². The molecule has 180 valence electrons. The van der Waals surface area contributed by atoms with Crippen LogP contribution < -0.4 is 25.3 Å². The zero-order chi connectivity index (χ0) is 24.8. The molecule has 4 rings (SSSR count). The van der Waals surface area contributed by atoms with Crippen LogP contribution in [0.1, 0.15) is 16.3 Å². The molecule has 0 radical (unpaired) electrons. The lowest BCUT2D eigenvalue weighted by Crippen LogP contribution is -2.11. The maximum atomic E-state index is 12.6. The Balaban J connectivity index is 1.44. The topological polar surface area (TPSA) is 144 Å². The molecular weight excluding hydrogens is 472 g/mol. The van der Waals surface area contributed by atoms with E-state index in [0.29, 0.717) is 27.9 Å². The number of benzene rings is 2. The van der Waals surface area contributed by atoms with Crippen LogP contribution in [0.5, 0.6) is 17.2 Å². The van der Waals surface area contributed by atoms with Gasteiger partial charge in [-0.25, -0.2) is 9.78 Å². The minimum atomic E-state index is -0.619. The van der Waals surface area contributed by atoms with E-state index in [2.05, 4.69) is 25.3 Å². The Hall–Kier alpha value is -4.45. The fraction of sp³-hybridized carbons (Fsp3) is 0.174. The van der Waals surface area contributed by atoms with Crippen molar-refractivity contribution in [2.24, 2.45) is 0 Å². The third-order valence-corrected chi connectivity index (χ3v) is 5.62. The second kappa shape index (κ2) is 10.7. The molecule has 0 fully saturated rings. The van der Waals surface area contributed by atoms with Gasteiger partial charge < -0.3 is 30.0 Å². The minimum Gasteiger partial charge on any atom is -0.495 e. The Bertz CT molecular complexity index is 1350. The summed E-state index contributed by atoms with van der Waals surface area (Å²) in [5, 5.41) is 5.27. The number of nitrogens with one attached hydrogen (secondary N) is 1. The molecule has 0 aliphatic carbocycles. The molecular formula is C23H22N6O5S. The van der Waals surface area contributed by atoms with Gasteiger partial charge in [-0.1, -0.05) is 12.1 Å². The average Bonchev–Trinajstić information content (AvgIpc) is 3.37. The van der Waals surface area contributed by atoms with Crippen molar-refractivity contribution in [2.45, 2.75) is 6.61 Å². The standard InChI is InChI=1S/C23H22N6O5S/c1-31-16-7-5-4-6-14(16)26-23-28-19(27-22(24)29-23)11-34-21(30)15-12-35-20(25-15)13-8-9-17(32-2)18(10-13)33-3/h4-10,12H,11H2,1-3H3,(H3,24,26,27,28,29). The van der Waals surface area contributed by atoms with Crippen LogP contribution in [0.15, 0.2) is 47.8 Å². The number of thiazole rings is 1. The highest BCUT2D eigenvalue weighted by atomic mass is 32.1. The number of carbonyl (C=O) groups is 1. The van der Waals surface area contributed by atoms with Crippen molar-refractivity contribution in [3.8, 4) is 27.8 Å². The number of para-hydroxylation sites is 2. The highest BCUT2D eigenvalue weighted by Gasteiger charge is 2.16. The van der Waals surface area contributed by atoms with Crippen molar-refractivity contribution < 1.29 is 23.7 Å². The first-order chi connectivity index (χ1) is 17.0. The monoisotopic (exact) mass is 494 g/mol. The highest BCUT2D eigenvalue weighted by molar-refractivity contribution is 7.13. The van der Waals surface area contributed by atoms with E-state index in [1.54, 1.807) is 51.0 Å². The Morgan fingerprint density at radius 2 is 1.71 bits per heavy atom. The molecule has 0 saturated carbocycles. The number of esters is 1. The van der Waals surface area contributed by atoms with E-state index < -0.39 is 5.97 Å². The molecule has 35 heavy (non-hydrogen) atoms. The molecule has 0 spiro atoms. The van der Waals surface area contributed by atoms with Gasteiger partial charge in [0.2, 0.25) is 11.9 Å². The van der Waals surface area contributed by atoms with Crippen LogP contribution in [-0.2, 0) is 11.3 Å². The van der Waals surface area contributed by atoms with Gasteiger partial charge >= 0.3 is 5.97 Å². The number of hydrogen-bond donors (Lipinski definition) is 2. The zero-order valence-corrected chi connectivity index (χ0v) is 20.0. The number of carbonyl (C=O) groups excluding carboxylic acids is 1. The predicted octanol–water partition coefficient (Wildman–Crippen LogP) is 3.70. The van der Waals surface area contributed by atoms with E-state index in [9.17, 15) is 4.79 Å². The normalized spacial score (nSPS) is 10.5. The van der Waals surface area contributed by atoms with Gasteiger partial charge in [0.15, 0.2) is 29.6 Å². The Morgan fingerprint density at radius 3 is 2.49 bits per heavy atom. The lowest BCUT2D eigenvalue weighted by molar-refractivity contribution is 0.0456. The molecule has 0 atom stereocenters. The number of methoxy groups -OCH3 is 3. The summed E-state index contributed by atoms with van der Waals surface area (Å²) in [7, 11) is 4.67. The van der Waals surface area contributed by atoms with Crippen molar-refractivity contribution in [3.05, 3.63) is 59.4 Å². The van der Waals surface area contributed by atoms with Crippen molar-refractivity contribution >= 4 is 34.9 Å². The summed E-state index contributed by atoms with van der Waals surface area (Å²) < 4.78 is 21.2. The number of nitrogens with two attached hydrogens (primary N) is 1. The van der Waals surface area contributed by atoms with E-state index in [1.165, 1.54) is 11.3 Å². The van der Waals surface area contributed by atoms with Gasteiger partial charge in [0.1, 0.15) is 10.8 Å². The number of nitrogen functional groups attached to an aromatic ring is 1. The van der Waals surface area contributed by atoms with Gasteiger partial charge in [-0.05, 0) is 30.3 Å². The number of rotatable bonds is 9.